The summed E-state index contributed by atoms with van der Waals surface area (Å²) in [6.45, 7) is 0. The second-order valence-corrected chi connectivity index (χ2v) is 13.9. The summed E-state index contributed by atoms with van der Waals surface area (Å²) in [5.41, 5.74) is 0. The zero-order valence-corrected chi connectivity index (χ0v) is 20.3. The maximum Gasteiger partial charge on any atom is 0.132 e. The van der Waals surface area contributed by atoms with Crippen molar-refractivity contribution in [2.24, 2.45) is 0 Å². The van der Waals surface area contributed by atoms with Crippen molar-refractivity contribution in [2.75, 3.05) is 0 Å². The summed E-state index contributed by atoms with van der Waals surface area (Å²) in [6, 6.07) is 53.8. The average Bonchev–Trinajstić information content (AvgIpc) is 2.87. The van der Waals surface area contributed by atoms with Crippen LogP contribution in [-0.4, -0.2) is 17.6 Å². The molecule has 0 aliphatic carbocycles. The monoisotopic (exact) mass is 442 g/mol. The second kappa shape index (κ2) is 9.77. The van der Waals surface area contributed by atoms with Crippen LogP contribution < -0.4 is 31.1 Å². The minimum Gasteiger partial charge on any atom is -0.0628 e. The predicted molar refractivity (Wildman–Crippen MR) is 144 cm³/mol. The molecule has 0 radical (unpaired) electrons. The maximum absolute atomic E-state index is 2.52. The molecule has 0 aliphatic rings. The SMILES string of the molecule is c1ccc([SiH](c2ccccc2)c2cccc([SiH](c3ccccc3)c3ccccc3)c2)cc1. The van der Waals surface area contributed by atoms with E-state index in [9.17, 15) is 0 Å². The molecule has 0 saturated carbocycles. The zero-order chi connectivity index (χ0) is 21.6. The van der Waals surface area contributed by atoms with E-state index in [-0.39, 0.29) is 0 Å². The molecule has 0 nitrogen and oxygen atoms in total. The molecule has 0 N–H and O–H groups in total. The van der Waals surface area contributed by atoms with Gasteiger partial charge in [0.05, 0.1) is 0 Å². The van der Waals surface area contributed by atoms with E-state index in [2.05, 4.69) is 146 Å². The van der Waals surface area contributed by atoms with Crippen LogP contribution in [-0.2, 0) is 0 Å². The molecule has 5 aromatic rings. The van der Waals surface area contributed by atoms with Crippen molar-refractivity contribution >= 4 is 48.7 Å². The quantitative estimate of drug-likeness (QED) is 0.279. The average molecular weight is 443 g/mol. The molecule has 0 spiro atoms. The van der Waals surface area contributed by atoms with Crippen molar-refractivity contribution in [1.82, 2.24) is 0 Å². The van der Waals surface area contributed by atoms with Gasteiger partial charge in [0.2, 0.25) is 0 Å². The van der Waals surface area contributed by atoms with Crippen LogP contribution in [0.25, 0.3) is 0 Å². The third-order valence-electron chi connectivity index (χ3n) is 6.11. The second-order valence-electron chi connectivity index (χ2n) is 8.18. The Bertz CT molecular complexity index is 1080. The van der Waals surface area contributed by atoms with Crippen LogP contribution in [0.3, 0.4) is 0 Å². The van der Waals surface area contributed by atoms with E-state index < -0.39 is 17.6 Å². The molecular weight excluding hydrogens is 417 g/mol. The number of hydrogen-bond acceptors (Lipinski definition) is 0. The lowest BCUT2D eigenvalue weighted by atomic mass is 10.3. The van der Waals surface area contributed by atoms with Gasteiger partial charge in [0.1, 0.15) is 17.6 Å². The molecule has 0 bridgehead atoms. The van der Waals surface area contributed by atoms with Gasteiger partial charge in [-0.3, -0.25) is 0 Å². The molecule has 2 heteroatoms. The van der Waals surface area contributed by atoms with Crippen LogP contribution in [0.1, 0.15) is 0 Å². The van der Waals surface area contributed by atoms with Gasteiger partial charge in [-0.15, -0.1) is 0 Å². The Balaban J connectivity index is 1.65. The topological polar surface area (TPSA) is 0 Å². The highest BCUT2D eigenvalue weighted by Gasteiger charge is 2.22. The van der Waals surface area contributed by atoms with Crippen LogP contribution in [0.2, 0.25) is 0 Å². The van der Waals surface area contributed by atoms with E-state index in [0.717, 1.165) is 0 Å². The van der Waals surface area contributed by atoms with Gasteiger partial charge in [-0.25, -0.2) is 0 Å². The predicted octanol–water partition coefficient (Wildman–Crippen LogP) is 2.18. The fraction of sp³-hybridized carbons (Fsp3) is 0. The Labute approximate surface area is 194 Å². The lowest BCUT2D eigenvalue weighted by Crippen LogP contribution is -2.56. The summed E-state index contributed by atoms with van der Waals surface area (Å²) in [7, 11) is -3.09. The minimum absolute atomic E-state index is 1.47. The van der Waals surface area contributed by atoms with E-state index in [1.165, 1.54) is 31.1 Å². The van der Waals surface area contributed by atoms with Crippen molar-refractivity contribution in [1.29, 1.82) is 0 Å². The van der Waals surface area contributed by atoms with Crippen LogP contribution in [0.4, 0.5) is 0 Å². The molecule has 0 atom stereocenters. The van der Waals surface area contributed by atoms with Crippen LogP contribution >= 0.6 is 0 Å². The molecule has 0 saturated heterocycles. The lowest BCUT2D eigenvalue weighted by molar-refractivity contribution is 1.71. The first kappa shape index (κ1) is 20.4. The van der Waals surface area contributed by atoms with Crippen molar-refractivity contribution in [2.45, 2.75) is 0 Å². The van der Waals surface area contributed by atoms with Gasteiger partial charge < -0.3 is 0 Å². The van der Waals surface area contributed by atoms with E-state index in [4.69, 9.17) is 0 Å². The molecule has 0 amide bonds. The van der Waals surface area contributed by atoms with Crippen molar-refractivity contribution < 1.29 is 0 Å². The van der Waals surface area contributed by atoms with Crippen molar-refractivity contribution in [3.05, 3.63) is 146 Å². The highest BCUT2D eigenvalue weighted by atomic mass is 28.3. The Morgan fingerprint density at radius 2 is 0.500 bits per heavy atom. The molecule has 0 aromatic heterocycles. The Kier molecular flexibility index (Phi) is 6.24. The van der Waals surface area contributed by atoms with E-state index in [1.54, 1.807) is 0 Å². The smallest absolute Gasteiger partial charge is 0.0628 e. The lowest BCUT2D eigenvalue weighted by Gasteiger charge is -2.21. The van der Waals surface area contributed by atoms with E-state index in [1.807, 2.05) is 0 Å². The summed E-state index contributed by atoms with van der Waals surface area (Å²) in [6.07, 6.45) is 0. The Morgan fingerprint density at radius 3 is 0.781 bits per heavy atom. The van der Waals surface area contributed by atoms with E-state index >= 15 is 0 Å². The molecule has 154 valence electrons. The van der Waals surface area contributed by atoms with Gasteiger partial charge in [0.15, 0.2) is 0 Å². The number of hydrogen-bond donors (Lipinski definition) is 0. The van der Waals surface area contributed by atoms with Crippen molar-refractivity contribution in [3.63, 3.8) is 0 Å². The number of rotatable bonds is 6. The highest BCUT2D eigenvalue weighted by molar-refractivity contribution is 6.98. The summed E-state index contributed by atoms with van der Waals surface area (Å²) < 4.78 is 0. The fourth-order valence-electron chi connectivity index (χ4n) is 4.65. The molecule has 0 heterocycles. The standard InChI is InChI=1S/C30H26Si2/c1-5-14-25(15-6-1)31(26-16-7-2-8-17-26)29-22-13-23-30(24-29)32(27-18-9-3-10-19-27)28-20-11-4-12-21-28/h1-24,31-32H. The molecule has 0 unspecified atom stereocenters. The first-order valence-corrected chi connectivity index (χ1v) is 14.7. The summed E-state index contributed by atoms with van der Waals surface area (Å²) >= 11 is 0. The highest BCUT2D eigenvalue weighted by Crippen LogP contribution is 1.99. The fourth-order valence-corrected chi connectivity index (χ4v) is 10.9. The van der Waals surface area contributed by atoms with Gasteiger partial charge in [0.25, 0.3) is 0 Å². The molecular formula is C30H26Si2. The summed E-state index contributed by atoms with van der Waals surface area (Å²) in [4.78, 5) is 0. The van der Waals surface area contributed by atoms with Crippen LogP contribution in [0.5, 0.6) is 0 Å². The Hall–Kier alpha value is -3.47. The Morgan fingerprint density at radius 1 is 0.250 bits per heavy atom. The third kappa shape index (κ3) is 4.42. The van der Waals surface area contributed by atoms with Gasteiger partial charge >= 0.3 is 0 Å². The van der Waals surface area contributed by atoms with Crippen molar-refractivity contribution in [3.8, 4) is 0 Å². The molecule has 5 aromatic carbocycles. The largest absolute Gasteiger partial charge is 0.132 e. The summed E-state index contributed by atoms with van der Waals surface area (Å²) in [5.74, 6) is 0. The number of benzene rings is 5. The normalized spacial score (nSPS) is 11.1. The molecule has 0 aliphatic heterocycles. The van der Waals surface area contributed by atoms with Gasteiger partial charge in [-0.2, -0.15) is 0 Å². The van der Waals surface area contributed by atoms with Gasteiger partial charge in [-0.05, 0) is 0 Å². The van der Waals surface area contributed by atoms with Crippen LogP contribution in [0, 0.1) is 0 Å². The third-order valence-corrected chi connectivity index (χ3v) is 12.4. The van der Waals surface area contributed by atoms with E-state index in [0.29, 0.717) is 0 Å². The maximum atomic E-state index is 2.52. The van der Waals surface area contributed by atoms with Gasteiger partial charge in [0, 0.05) is 0 Å². The first-order chi connectivity index (χ1) is 15.9. The zero-order valence-electron chi connectivity index (χ0n) is 18.0. The molecule has 5 rings (SSSR count). The van der Waals surface area contributed by atoms with Crippen LogP contribution in [0.15, 0.2) is 146 Å². The summed E-state index contributed by atoms with van der Waals surface area (Å²) in [5, 5.41) is 8.84. The molecule has 32 heavy (non-hydrogen) atoms. The van der Waals surface area contributed by atoms with Gasteiger partial charge in [-0.1, -0.05) is 177 Å². The first-order valence-electron chi connectivity index (χ1n) is 11.2. The molecule has 0 fully saturated rings. The minimum atomic E-state index is -1.54.